The Morgan fingerprint density at radius 3 is 2.40 bits per heavy atom. The number of carbonyl (C=O) groups is 2. The van der Waals surface area contributed by atoms with Crippen LogP contribution in [0.15, 0.2) is 48.8 Å². The van der Waals surface area contributed by atoms with Gasteiger partial charge in [0.25, 0.3) is 0 Å². The van der Waals surface area contributed by atoms with Crippen LogP contribution in [0.2, 0.25) is 0 Å². The normalized spacial score (nSPS) is 16.2. The number of rotatable bonds is 5. The van der Waals surface area contributed by atoms with Gasteiger partial charge in [-0.1, -0.05) is 0 Å². The highest BCUT2D eigenvalue weighted by molar-refractivity contribution is 5.93. The predicted octanol–water partition coefficient (Wildman–Crippen LogP) is 2.81. The van der Waals surface area contributed by atoms with Crippen LogP contribution in [0.3, 0.4) is 0 Å². The van der Waals surface area contributed by atoms with Crippen molar-refractivity contribution in [3.8, 4) is 0 Å². The van der Waals surface area contributed by atoms with E-state index < -0.39 is 5.97 Å². The molecule has 25 heavy (non-hydrogen) atoms. The standard InChI is InChI=1S/C19H22N2O4/c1-24-18(23)15-4-6-16(7-5-15)20-17(22)14-19(8-12-25-13-9-19)21-10-2-3-11-21/h2-7,10-11H,8-9,12-14H2,1H3,(H,20,22). The van der Waals surface area contributed by atoms with Crippen molar-refractivity contribution < 1.29 is 19.1 Å². The average molecular weight is 342 g/mol. The molecule has 0 atom stereocenters. The molecule has 0 aliphatic carbocycles. The SMILES string of the molecule is COC(=O)c1ccc(NC(=O)CC2(n3cccc3)CCOCC2)cc1. The van der Waals surface area contributed by atoms with Crippen LogP contribution < -0.4 is 5.32 Å². The Hall–Kier alpha value is -2.60. The molecule has 1 fully saturated rings. The van der Waals surface area contributed by atoms with Crippen molar-refractivity contribution >= 4 is 17.6 Å². The van der Waals surface area contributed by atoms with E-state index in [1.54, 1.807) is 24.3 Å². The van der Waals surface area contributed by atoms with Crippen LogP contribution in [-0.4, -0.2) is 36.8 Å². The molecule has 1 aromatic carbocycles. The van der Waals surface area contributed by atoms with E-state index in [-0.39, 0.29) is 11.4 Å². The lowest BCUT2D eigenvalue weighted by atomic mass is 9.86. The lowest BCUT2D eigenvalue weighted by molar-refractivity contribution is -0.119. The van der Waals surface area contributed by atoms with Gasteiger partial charge in [0.15, 0.2) is 0 Å². The van der Waals surface area contributed by atoms with Gasteiger partial charge in [0.2, 0.25) is 5.91 Å². The Morgan fingerprint density at radius 2 is 1.80 bits per heavy atom. The van der Waals surface area contributed by atoms with E-state index >= 15 is 0 Å². The number of anilines is 1. The molecule has 2 aromatic rings. The number of hydrogen-bond donors (Lipinski definition) is 1. The van der Waals surface area contributed by atoms with Crippen molar-refractivity contribution in [2.24, 2.45) is 0 Å². The predicted molar refractivity (Wildman–Crippen MR) is 93.5 cm³/mol. The quantitative estimate of drug-likeness (QED) is 0.848. The summed E-state index contributed by atoms with van der Waals surface area (Å²) in [5.41, 5.74) is 0.860. The number of hydrogen-bond acceptors (Lipinski definition) is 4. The van der Waals surface area contributed by atoms with E-state index in [4.69, 9.17) is 4.74 Å². The van der Waals surface area contributed by atoms with Crippen LogP contribution in [-0.2, 0) is 19.8 Å². The zero-order chi connectivity index (χ0) is 17.7. The van der Waals surface area contributed by atoms with Gasteiger partial charge in [-0.25, -0.2) is 4.79 Å². The molecule has 2 heterocycles. The first-order valence-corrected chi connectivity index (χ1v) is 8.32. The summed E-state index contributed by atoms with van der Waals surface area (Å²) in [6.07, 6.45) is 5.99. The molecule has 0 unspecified atom stereocenters. The van der Waals surface area contributed by atoms with Gasteiger partial charge in [-0.15, -0.1) is 0 Å². The minimum Gasteiger partial charge on any atom is -0.465 e. The van der Waals surface area contributed by atoms with E-state index in [1.165, 1.54) is 7.11 Å². The summed E-state index contributed by atoms with van der Waals surface area (Å²) in [4.78, 5) is 24.1. The Morgan fingerprint density at radius 1 is 1.16 bits per heavy atom. The van der Waals surface area contributed by atoms with Crippen molar-refractivity contribution in [1.82, 2.24) is 4.57 Å². The number of benzene rings is 1. The molecule has 1 saturated heterocycles. The number of aromatic nitrogens is 1. The minimum atomic E-state index is -0.397. The summed E-state index contributed by atoms with van der Waals surface area (Å²) < 4.78 is 12.3. The maximum Gasteiger partial charge on any atom is 0.337 e. The van der Waals surface area contributed by atoms with E-state index in [9.17, 15) is 9.59 Å². The molecule has 1 N–H and O–H groups in total. The van der Waals surface area contributed by atoms with Crippen molar-refractivity contribution in [3.63, 3.8) is 0 Å². The maximum atomic E-state index is 12.6. The molecule has 0 bridgehead atoms. The average Bonchev–Trinajstić information content (AvgIpc) is 3.18. The zero-order valence-electron chi connectivity index (χ0n) is 14.2. The van der Waals surface area contributed by atoms with Gasteiger partial charge >= 0.3 is 5.97 Å². The molecule has 0 spiro atoms. The van der Waals surface area contributed by atoms with Crippen LogP contribution in [0.5, 0.6) is 0 Å². The first-order valence-electron chi connectivity index (χ1n) is 8.32. The van der Waals surface area contributed by atoms with Crippen LogP contribution in [0.1, 0.15) is 29.6 Å². The van der Waals surface area contributed by atoms with Crippen molar-refractivity contribution in [2.75, 3.05) is 25.6 Å². The molecule has 6 heteroatoms. The third-order valence-electron chi connectivity index (χ3n) is 4.66. The summed E-state index contributed by atoms with van der Waals surface area (Å²) in [6, 6.07) is 10.6. The second-order valence-corrected chi connectivity index (χ2v) is 6.22. The van der Waals surface area contributed by atoms with Gasteiger partial charge < -0.3 is 19.4 Å². The molecule has 0 saturated carbocycles. The third kappa shape index (κ3) is 3.91. The van der Waals surface area contributed by atoms with E-state index in [1.807, 2.05) is 24.5 Å². The van der Waals surface area contributed by atoms with Crippen molar-refractivity contribution in [2.45, 2.75) is 24.8 Å². The van der Waals surface area contributed by atoms with Gasteiger partial charge in [0.1, 0.15) is 0 Å². The zero-order valence-corrected chi connectivity index (χ0v) is 14.2. The lowest BCUT2D eigenvalue weighted by Gasteiger charge is -2.38. The fourth-order valence-corrected chi connectivity index (χ4v) is 3.24. The number of methoxy groups -OCH3 is 1. The first-order chi connectivity index (χ1) is 12.1. The number of carbonyl (C=O) groups excluding carboxylic acids is 2. The first kappa shape index (κ1) is 17.2. The van der Waals surface area contributed by atoms with Crippen molar-refractivity contribution in [1.29, 1.82) is 0 Å². The number of nitrogens with one attached hydrogen (secondary N) is 1. The fraction of sp³-hybridized carbons (Fsp3) is 0.368. The maximum absolute atomic E-state index is 12.6. The molecule has 0 radical (unpaired) electrons. The van der Waals surface area contributed by atoms with E-state index in [0.717, 1.165) is 12.8 Å². The van der Waals surface area contributed by atoms with E-state index in [0.29, 0.717) is 30.9 Å². The molecule has 1 aromatic heterocycles. The summed E-state index contributed by atoms with van der Waals surface area (Å²) in [7, 11) is 1.34. The van der Waals surface area contributed by atoms with Gasteiger partial charge in [-0.05, 0) is 49.2 Å². The van der Waals surface area contributed by atoms with Gasteiger partial charge in [0.05, 0.1) is 24.6 Å². The monoisotopic (exact) mass is 342 g/mol. The molecule has 1 amide bonds. The minimum absolute atomic E-state index is 0.0542. The van der Waals surface area contributed by atoms with Crippen LogP contribution in [0.4, 0.5) is 5.69 Å². The van der Waals surface area contributed by atoms with Gasteiger partial charge in [-0.2, -0.15) is 0 Å². The molecule has 1 aliphatic heterocycles. The van der Waals surface area contributed by atoms with Crippen molar-refractivity contribution in [3.05, 3.63) is 54.4 Å². The highest BCUT2D eigenvalue weighted by Crippen LogP contribution is 2.33. The largest absolute Gasteiger partial charge is 0.465 e. The Balaban J connectivity index is 1.69. The van der Waals surface area contributed by atoms with Crippen LogP contribution >= 0.6 is 0 Å². The summed E-state index contributed by atoms with van der Waals surface area (Å²) in [5, 5.41) is 2.91. The number of nitrogens with zero attached hydrogens (tertiary/aromatic N) is 1. The second-order valence-electron chi connectivity index (χ2n) is 6.22. The smallest absolute Gasteiger partial charge is 0.337 e. The van der Waals surface area contributed by atoms with Crippen LogP contribution in [0, 0.1) is 0 Å². The summed E-state index contributed by atoms with van der Waals surface area (Å²) in [5.74, 6) is -0.451. The molecule has 6 nitrogen and oxygen atoms in total. The number of amides is 1. The van der Waals surface area contributed by atoms with E-state index in [2.05, 4.69) is 14.6 Å². The molecule has 132 valence electrons. The molecule has 1 aliphatic rings. The fourth-order valence-electron chi connectivity index (χ4n) is 3.24. The Kier molecular flexibility index (Phi) is 5.19. The van der Waals surface area contributed by atoms with Crippen LogP contribution in [0.25, 0.3) is 0 Å². The molecular formula is C19H22N2O4. The molecular weight excluding hydrogens is 320 g/mol. The van der Waals surface area contributed by atoms with Gasteiger partial charge in [0, 0.05) is 31.3 Å². The second kappa shape index (κ2) is 7.53. The number of esters is 1. The third-order valence-corrected chi connectivity index (χ3v) is 4.66. The summed E-state index contributed by atoms with van der Waals surface area (Å²) in [6.45, 7) is 1.30. The summed E-state index contributed by atoms with van der Waals surface area (Å²) >= 11 is 0. The Labute approximate surface area is 146 Å². The highest BCUT2D eigenvalue weighted by atomic mass is 16.5. The highest BCUT2D eigenvalue weighted by Gasteiger charge is 2.36. The molecule has 3 rings (SSSR count). The topological polar surface area (TPSA) is 69.6 Å². The van der Waals surface area contributed by atoms with Gasteiger partial charge in [-0.3, -0.25) is 4.79 Å². The lowest BCUT2D eigenvalue weighted by Crippen LogP contribution is -2.42. The number of ether oxygens (including phenoxy) is 2. The Bertz CT molecular complexity index is 716.